The number of aromatic nitrogens is 1. The lowest BCUT2D eigenvalue weighted by Gasteiger charge is -1.92. The van der Waals surface area contributed by atoms with Gasteiger partial charge < -0.3 is 5.73 Å². The van der Waals surface area contributed by atoms with Gasteiger partial charge in [-0.05, 0) is 18.1 Å². The average Bonchev–Trinajstić information content (AvgIpc) is 2.03. The molecule has 0 aromatic carbocycles. The largest absolute Gasteiger partial charge is 0.383 e. The van der Waals surface area contributed by atoms with E-state index in [1.165, 1.54) is 0 Å². The summed E-state index contributed by atoms with van der Waals surface area (Å²) in [5.74, 6) is 5.16. The van der Waals surface area contributed by atoms with Crippen LogP contribution in [-0.4, -0.2) is 11.3 Å². The molecule has 1 rings (SSSR count). The van der Waals surface area contributed by atoms with Crippen molar-refractivity contribution in [2.45, 2.75) is 0 Å². The number of hydrogen-bond acceptors (Lipinski definition) is 3. The van der Waals surface area contributed by atoms with Crippen LogP contribution in [0.4, 0.5) is 5.82 Å². The number of nitrogens with two attached hydrogens (primary N) is 1. The zero-order valence-electron chi connectivity index (χ0n) is 5.74. The Hall–Kier alpha value is -1.82. The van der Waals surface area contributed by atoms with Crippen LogP contribution in [0.1, 0.15) is 5.56 Å². The predicted molar refractivity (Wildman–Crippen MR) is 41.6 cm³/mol. The van der Waals surface area contributed by atoms with E-state index < -0.39 is 0 Å². The topological polar surface area (TPSA) is 56.0 Å². The van der Waals surface area contributed by atoms with Crippen LogP contribution in [-0.2, 0) is 4.79 Å². The third-order valence-corrected chi connectivity index (χ3v) is 1.10. The van der Waals surface area contributed by atoms with Gasteiger partial charge in [0.25, 0.3) is 0 Å². The van der Waals surface area contributed by atoms with E-state index >= 15 is 0 Å². The van der Waals surface area contributed by atoms with Crippen molar-refractivity contribution < 1.29 is 4.79 Å². The zero-order valence-corrected chi connectivity index (χ0v) is 5.74. The van der Waals surface area contributed by atoms with Gasteiger partial charge in [-0.25, -0.2) is 4.98 Å². The van der Waals surface area contributed by atoms with Crippen LogP contribution in [0.3, 0.4) is 0 Å². The molecule has 3 heteroatoms. The van der Waals surface area contributed by atoms with E-state index in [9.17, 15) is 4.79 Å². The monoisotopic (exact) mass is 146 g/mol. The fourth-order valence-corrected chi connectivity index (χ4v) is 0.630. The number of nitrogen functional groups attached to an aromatic ring is 1. The number of pyridine rings is 1. The summed E-state index contributed by atoms with van der Waals surface area (Å²) in [5, 5.41) is 0. The summed E-state index contributed by atoms with van der Waals surface area (Å²) in [6.45, 7) is 0. The number of carbonyl (C=O) groups is 1. The number of nitrogens with zero attached hydrogens (tertiary/aromatic N) is 1. The number of hydrogen-bond donors (Lipinski definition) is 1. The smallest absolute Gasteiger partial charge is 0.193 e. The molecule has 0 fully saturated rings. The van der Waals surface area contributed by atoms with Crippen LogP contribution in [0.25, 0.3) is 0 Å². The van der Waals surface area contributed by atoms with Crippen LogP contribution < -0.4 is 5.73 Å². The highest BCUT2D eigenvalue weighted by molar-refractivity contribution is 5.74. The second-order valence-corrected chi connectivity index (χ2v) is 1.82. The molecule has 0 bridgehead atoms. The van der Waals surface area contributed by atoms with Crippen LogP contribution in [0.15, 0.2) is 18.3 Å². The summed E-state index contributed by atoms with van der Waals surface area (Å²) < 4.78 is 0. The first-order valence-electron chi connectivity index (χ1n) is 3.00. The summed E-state index contributed by atoms with van der Waals surface area (Å²) in [6.07, 6.45) is 2.09. The average molecular weight is 146 g/mol. The van der Waals surface area contributed by atoms with Crippen molar-refractivity contribution in [2.75, 3.05) is 5.73 Å². The van der Waals surface area contributed by atoms with E-state index in [1.54, 1.807) is 18.3 Å². The van der Waals surface area contributed by atoms with E-state index in [1.807, 2.05) is 0 Å². The minimum atomic E-state index is 0.349. The molecule has 0 saturated carbocycles. The van der Waals surface area contributed by atoms with Crippen molar-refractivity contribution in [3.8, 4) is 11.8 Å². The Morgan fingerprint density at radius 2 is 2.45 bits per heavy atom. The predicted octanol–water partition coefficient (Wildman–Crippen LogP) is 0.214. The number of anilines is 1. The highest BCUT2D eigenvalue weighted by atomic mass is 16.1. The van der Waals surface area contributed by atoms with Crippen LogP contribution >= 0.6 is 0 Å². The van der Waals surface area contributed by atoms with Crippen molar-refractivity contribution >= 4 is 12.1 Å². The van der Waals surface area contributed by atoms with Crippen LogP contribution in [0, 0.1) is 11.8 Å². The fraction of sp³-hybridized carbons (Fsp3) is 0. The Bertz CT molecular complexity index is 322. The Morgan fingerprint density at radius 3 is 3.09 bits per heavy atom. The summed E-state index contributed by atoms with van der Waals surface area (Å²) in [5.41, 5.74) is 6.01. The maximum atomic E-state index is 9.85. The number of aldehydes is 1. The molecular weight excluding hydrogens is 140 g/mol. The van der Waals surface area contributed by atoms with Gasteiger partial charge in [0.05, 0.1) is 5.56 Å². The Balaban J connectivity index is 3.03. The quantitative estimate of drug-likeness (QED) is 0.420. The van der Waals surface area contributed by atoms with Crippen molar-refractivity contribution in [3.05, 3.63) is 23.9 Å². The molecule has 2 N–H and O–H groups in total. The molecule has 11 heavy (non-hydrogen) atoms. The van der Waals surface area contributed by atoms with Gasteiger partial charge >= 0.3 is 0 Å². The van der Waals surface area contributed by atoms with Gasteiger partial charge in [0.1, 0.15) is 5.82 Å². The Labute approximate surface area is 64.2 Å². The molecule has 0 amide bonds. The number of rotatable bonds is 0. The molecule has 0 radical (unpaired) electrons. The number of carbonyl (C=O) groups excluding carboxylic acids is 1. The molecule has 0 atom stereocenters. The van der Waals surface area contributed by atoms with Gasteiger partial charge in [-0.3, -0.25) is 4.79 Å². The summed E-state index contributed by atoms with van der Waals surface area (Å²) in [6, 6.07) is 3.42. The molecule has 0 saturated heterocycles. The lowest BCUT2D eigenvalue weighted by molar-refractivity contribution is -0.103. The van der Waals surface area contributed by atoms with E-state index in [-0.39, 0.29) is 0 Å². The normalized spacial score (nSPS) is 8.00. The molecule has 0 aliphatic rings. The molecule has 0 aliphatic heterocycles. The van der Waals surface area contributed by atoms with Gasteiger partial charge in [-0.15, -0.1) is 0 Å². The molecule has 54 valence electrons. The first kappa shape index (κ1) is 7.29. The molecule has 1 heterocycles. The van der Waals surface area contributed by atoms with E-state index in [0.717, 1.165) is 0 Å². The van der Waals surface area contributed by atoms with Crippen molar-refractivity contribution in [1.82, 2.24) is 4.98 Å². The van der Waals surface area contributed by atoms with Gasteiger partial charge in [0.2, 0.25) is 0 Å². The molecule has 1 aromatic heterocycles. The molecule has 1 aromatic rings. The first-order chi connectivity index (χ1) is 5.34. The van der Waals surface area contributed by atoms with E-state index in [0.29, 0.717) is 17.7 Å². The lowest BCUT2D eigenvalue weighted by atomic mass is 10.2. The van der Waals surface area contributed by atoms with E-state index in [2.05, 4.69) is 16.8 Å². The first-order valence-corrected chi connectivity index (χ1v) is 3.00. The van der Waals surface area contributed by atoms with Gasteiger partial charge in [-0.1, -0.05) is 5.92 Å². The fourth-order valence-electron chi connectivity index (χ4n) is 0.630. The van der Waals surface area contributed by atoms with Crippen molar-refractivity contribution in [3.63, 3.8) is 0 Å². The minimum Gasteiger partial charge on any atom is -0.383 e. The third-order valence-electron chi connectivity index (χ3n) is 1.10. The van der Waals surface area contributed by atoms with Crippen LogP contribution in [0.2, 0.25) is 0 Å². The molecule has 0 aliphatic carbocycles. The minimum absolute atomic E-state index is 0.349. The lowest BCUT2D eigenvalue weighted by Crippen LogP contribution is -1.92. The molecule has 0 unspecified atom stereocenters. The summed E-state index contributed by atoms with van der Waals surface area (Å²) in [4.78, 5) is 13.6. The Kier molecular flexibility index (Phi) is 2.24. The molecule has 3 nitrogen and oxygen atoms in total. The standard InChI is InChI=1S/C8H6N2O/c9-8-7(4-2-6-11)3-1-5-10-8/h1,3,5-6H,(H2,9,10). The van der Waals surface area contributed by atoms with Crippen molar-refractivity contribution in [1.29, 1.82) is 0 Å². The van der Waals surface area contributed by atoms with Crippen molar-refractivity contribution in [2.24, 2.45) is 0 Å². The summed E-state index contributed by atoms with van der Waals surface area (Å²) in [7, 11) is 0. The third kappa shape index (κ3) is 1.80. The highest BCUT2D eigenvalue weighted by Gasteiger charge is 1.91. The second-order valence-electron chi connectivity index (χ2n) is 1.82. The molecular formula is C8H6N2O. The van der Waals surface area contributed by atoms with Gasteiger partial charge in [0.15, 0.2) is 6.29 Å². The van der Waals surface area contributed by atoms with E-state index in [4.69, 9.17) is 5.73 Å². The maximum Gasteiger partial charge on any atom is 0.193 e. The summed E-state index contributed by atoms with van der Waals surface area (Å²) >= 11 is 0. The van der Waals surface area contributed by atoms with Gasteiger partial charge in [0, 0.05) is 6.20 Å². The Morgan fingerprint density at radius 1 is 1.64 bits per heavy atom. The van der Waals surface area contributed by atoms with Crippen LogP contribution in [0.5, 0.6) is 0 Å². The maximum absolute atomic E-state index is 9.85. The molecule has 0 spiro atoms. The second kappa shape index (κ2) is 3.37. The highest BCUT2D eigenvalue weighted by Crippen LogP contribution is 2.03. The van der Waals surface area contributed by atoms with Gasteiger partial charge in [-0.2, -0.15) is 0 Å². The SMILES string of the molecule is Nc1ncccc1C#CC=O. The zero-order chi connectivity index (χ0) is 8.10.